The fourth-order valence-electron chi connectivity index (χ4n) is 3.67. The molecule has 1 N–H and O–H groups in total. The van der Waals surface area contributed by atoms with Crippen molar-refractivity contribution in [3.63, 3.8) is 0 Å². The number of pyridine rings is 1. The van der Waals surface area contributed by atoms with Crippen LogP contribution in [0.2, 0.25) is 5.02 Å². The first-order valence-corrected chi connectivity index (χ1v) is 10.7. The molecule has 0 radical (unpaired) electrons. The van der Waals surface area contributed by atoms with Crippen molar-refractivity contribution in [3.8, 4) is 22.4 Å². The Bertz CT molecular complexity index is 1530. The maximum absolute atomic E-state index is 12.3. The zero-order chi connectivity index (χ0) is 23.7. The lowest BCUT2D eigenvalue weighted by atomic mass is 9.98. The fraction of sp³-hybridized carbons (Fsp3) is 0. The first-order chi connectivity index (χ1) is 16.5. The molecule has 0 bridgehead atoms. The molecule has 8 heteroatoms. The van der Waals surface area contributed by atoms with Crippen molar-refractivity contribution in [2.75, 3.05) is 5.32 Å². The molecule has 5 rings (SSSR count). The minimum Gasteiger partial charge on any atom is -0.395 e. The number of hydrogen-bond donors (Lipinski definition) is 1. The lowest BCUT2D eigenvalue weighted by molar-refractivity contribution is -0.402. The van der Waals surface area contributed by atoms with Crippen molar-refractivity contribution in [1.82, 2.24) is 4.98 Å². The second kappa shape index (κ2) is 8.80. The Morgan fingerprint density at radius 3 is 2.38 bits per heavy atom. The summed E-state index contributed by atoms with van der Waals surface area (Å²) in [5.74, 6) is -1.21. The third-order valence-electron chi connectivity index (χ3n) is 5.29. The van der Waals surface area contributed by atoms with Crippen LogP contribution in [0.1, 0.15) is 10.6 Å². The number of carbonyl (C=O) groups excluding carboxylic acids is 1. The third-order valence-corrected chi connectivity index (χ3v) is 5.53. The Hall–Kier alpha value is -4.49. The molecule has 34 heavy (non-hydrogen) atoms. The molecule has 0 atom stereocenters. The van der Waals surface area contributed by atoms with Crippen LogP contribution in [0.4, 0.5) is 11.6 Å². The molecule has 0 saturated heterocycles. The highest BCUT2D eigenvalue weighted by Crippen LogP contribution is 2.33. The third kappa shape index (κ3) is 4.24. The SMILES string of the molecule is O=C(Nc1ccc(-c2cc(-c3ccccc3)c3ccc(Cl)cc3n2)cc1)c1ccc([N+](=O)[O-])o1. The molecule has 0 aliphatic rings. The van der Waals surface area contributed by atoms with Gasteiger partial charge in [-0.25, -0.2) is 4.98 Å². The number of aromatic nitrogens is 1. The molecule has 166 valence electrons. The van der Waals surface area contributed by atoms with Crippen molar-refractivity contribution >= 4 is 40.0 Å². The van der Waals surface area contributed by atoms with Crippen molar-refractivity contribution < 1.29 is 14.1 Å². The molecule has 2 heterocycles. The average molecular weight is 470 g/mol. The first-order valence-electron chi connectivity index (χ1n) is 10.3. The van der Waals surface area contributed by atoms with Gasteiger partial charge in [0.05, 0.1) is 17.3 Å². The van der Waals surface area contributed by atoms with Gasteiger partial charge in [-0.05, 0) is 47.5 Å². The molecule has 0 saturated carbocycles. The van der Waals surface area contributed by atoms with Crippen molar-refractivity contribution in [2.45, 2.75) is 0 Å². The topological polar surface area (TPSA) is 98.3 Å². The van der Waals surface area contributed by atoms with Gasteiger partial charge in [-0.15, -0.1) is 0 Å². The summed E-state index contributed by atoms with van der Waals surface area (Å²) in [5.41, 5.74) is 5.00. The Morgan fingerprint density at radius 2 is 1.68 bits per heavy atom. The van der Waals surface area contributed by atoms with Gasteiger partial charge in [-0.1, -0.05) is 60.1 Å². The lowest BCUT2D eigenvalue weighted by Crippen LogP contribution is -2.10. The molecule has 3 aromatic carbocycles. The number of nitrogens with zero attached hydrogens (tertiary/aromatic N) is 2. The van der Waals surface area contributed by atoms with E-state index >= 15 is 0 Å². The maximum atomic E-state index is 12.3. The monoisotopic (exact) mass is 469 g/mol. The van der Waals surface area contributed by atoms with E-state index in [1.165, 1.54) is 6.07 Å². The van der Waals surface area contributed by atoms with Crippen molar-refractivity contribution in [1.29, 1.82) is 0 Å². The highest BCUT2D eigenvalue weighted by molar-refractivity contribution is 6.31. The number of carbonyl (C=O) groups is 1. The predicted molar refractivity (Wildman–Crippen MR) is 131 cm³/mol. The van der Waals surface area contributed by atoms with Gasteiger partial charge in [0.2, 0.25) is 0 Å². The summed E-state index contributed by atoms with van der Waals surface area (Å²) in [4.78, 5) is 27.2. The molecule has 1 amide bonds. The zero-order valence-electron chi connectivity index (χ0n) is 17.6. The Balaban J connectivity index is 1.47. The maximum Gasteiger partial charge on any atom is 0.433 e. The van der Waals surface area contributed by atoms with Crippen LogP contribution < -0.4 is 5.32 Å². The predicted octanol–water partition coefficient (Wildman–Crippen LogP) is 6.98. The highest BCUT2D eigenvalue weighted by Gasteiger charge is 2.17. The van der Waals surface area contributed by atoms with E-state index in [0.29, 0.717) is 10.7 Å². The van der Waals surface area contributed by atoms with Gasteiger partial charge in [-0.3, -0.25) is 14.9 Å². The van der Waals surface area contributed by atoms with Gasteiger partial charge in [0.1, 0.15) is 4.92 Å². The fourth-order valence-corrected chi connectivity index (χ4v) is 3.84. The summed E-state index contributed by atoms with van der Waals surface area (Å²) in [5, 5.41) is 15.0. The van der Waals surface area contributed by atoms with Gasteiger partial charge in [-0.2, -0.15) is 0 Å². The molecule has 5 aromatic rings. The largest absolute Gasteiger partial charge is 0.433 e. The smallest absolute Gasteiger partial charge is 0.395 e. The van der Waals surface area contributed by atoms with Gasteiger partial charge >= 0.3 is 5.88 Å². The Labute approximate surface area is 198 Å². The van der Waals surface area contributed by atoms with E-state index in [0.717, 1.165) is 39.4 Å². The molecule has 2 aromatic heterocycles. The number of anilines is 1. The van der Waals surface area contributed by atoms with E-state index < -0.39 is 16.7 Å². The summed E-state index contributed by atoms with van der Waals surface area (Å²) in [6.07, 6.45) is 0. The summed E-state index contributed by atoms with van der Waals surface area (Å²) in [6, 6.07) is 27.3. The number of amides is 1. The number of furan rings is 1. The molecular formula is C26H16ClN3O4. The van der Waals surface area contributed by atoms with E-state index in [1.54, 1.807) is 12.1 Å². The van der Waals surface area contributed by atoms with Gasteiger partial charge in [0.25, 0.3) is 5.91 Å². The van der Waals surface area contributed by atoms with Crippen LogP contribution in [-0.4, -0.2) is 15.8 Å². The van der Waals surface area contributed by atoms with Crippen LogP contribution in [-0.2, 0) is 0 Å². The quantitative estimate of drug-likeness (QED) is 0.221. The normalized spacial score (nSPS) is 10.9. The van der Waals surface area contributed by atoms with E-state index in [9.17, 15) is 14.9 Å². The first kappa shape index (κ1) is 21.4. The van der Waals surface area contributed by atoms with E-state index in [1.807, 2.05) is 66.7 Å². The van der Waals surface area contributed by atoms with Gasteiger partial charge in [0, 0.05) is 21.7 Å². The summed E-state index contributed by atoms with van der Waals surface area (Å²) in [7, 11) is 0. The van der Waals surface area contributed by atoms with E-state index in [2.05, 4.69) is 5.32 Å². The van der Waals surface area contributed by atoms with E-state index in [4.69, 9.17) is 21.0 Å². The van der Waals surface area contributed by atoms with Crippen LogP contribution in [0, 0.1) is 10.1 Å². The van der Waals surface area contributed by atoms with Crippen LogP contribution in [0.3, 0.4) is 0 Å². The number of nitrogens with one attached hydrogen (secondary N) is 1. The molecule has 0 spiro atoms. The zero-order valence-corrected chi connectivity index (χ0v) is 18.3. The standard InChI is InChI=1S/C26H16ClN3O4/c27-18-8-11-20-21(16-4-2-1-3-5-16)15-22(29-23(20)14-18)17-6-9-19(10-7-17)28-26(31)24-12-13-25(34-24)30(32)33/h1-15H,(H,28,31). The summed E-state index contributed by atoms with van der Waals surface area (Å²) in [6.45, 7) is 0. The summed E-state index contributed by atoms with van der Waals surface area (Å²) >= 11 is 6.23. The minimum atomic E-state index is -0.695. The van der Waals surface area contributed by atoms with E-state index in [-0.39, 0.29) is 5.76 Å². The molecule has 0 aliphatic carbocycles. The molecular weight excluding hydrogens is 454 g/mol. The minimum absolute atomic E-state index is 0.142. The van der Waals surface area contributed by atoms with Crippen LogP contribution in [0.15, 0.2) is 95.4 Å². The average Bonchev–Trinajstić information content (AvgIpc) is 3.35. The van der Waals surface area contributed by atoms with Crippen molar-refractivity contribution in [3.05, 3.63) is 112 Å². The number of nitro groups is 1. The van der Waals surface area contributed by atoms with Crippen LogP contribution >= 0.6 is 11.6 Å². The Kier molecular flexibility index (Phi) is 5.53. The molecule has 7 nitrogen and oxygen atoms in total. The molecule has 0 unspecified atom stereocenters. The molecule has 0 aliphatic heterocycles. The number of hydrogen-bond acceptors (Lipinski definition) is 5. The van der Waals surface area contributed by atoms with Gasteiger partial charge < -0.3 is 9.73 Å². The summed E-state index contributed by atoms with van der Waals surface area (Å²) < 4.78 is 4.95. The highest BCUT2D eigenvalue weighted by atomic mass is 35.5. The van der Waals surface area contributed by atoms with Crippen LogP contribution in [0.25, 0.3) is 33.3 Å². The van der Waals surface area contributed by atoms with Gasteiger partial charge in [0.15, 0.2) is 5.76 Å². The van der Waals surface area contributed by atoms with Crippen LogP contribution in [0.5, 0.6) is 0 Å². The molecule has 0 fully saturated rings. The Morgan fingerprint density at radius 1 is 0.912 bits per heavy atom. The number of rotatable bonds is 5. The number of halogens is 1. The number of benzene rings is 3. The number of fused-ring (bicyclic) bond motifs is 1. The second-order valence-electron chi connectivity index (χ2n) is 7.51. The van der Waals surface area contributed by atoms with Crippen molar-refractivity contribution in [2.24, 2.45) is 0 Å². The lowest BCUT2D eigenvalue weighted by Gasteiger charge is -2.11. The second-order valence-corrected chi connectivity index (χ2v) is 7.95.